The van der Waals surface area contributed by atoms with Gasteiger partial charge in [-0.2, -0.15) is 0 Å². The van der Waals surface area contributed by atoms with Crippen LogP contribution in [-0.4, -0.2) is 5.97 Å². The largest absolute Gasteiger partial charge is 0.428 e. The fourth-order valence-corrected chi connectivity index (χ4v) is 1.42. The summed E-state index contributed by atoms with van der Waals surface area (Å²) in [5.41, 5.74) is 0.449. The second-order valence-corrected chi connectivity index (χ2v) is 3.98. The molecule has 3 heteroatoms. The highest BCUT2D eigenvalue weighted by atomic mass is 35.5. The Bertz CT molecular complexity index is 385. The maximum absolute atomic E-state index is 11.6. The molecule has 0 unspecified atom stereocenters. The lowest BCUT2D eigenvalue weighted by Crippen LogP contribution is -2.04. The van der Waals surface area contributed by atoms with Gasteiger partial charge in [-0.1, -0.05) is 37.6 Å². The van der Waals surface area contributed by atoms with Crippen LogP contribution in [0.1, 0.15) is 36.5 Å². The van der Waals surface area contributed by atoms with E-state index >= 15 is 0 Å². The minimum absolute atomic E-state index is 0.399. The van der Waals surface area contributed by atoms with Gasteiger partial charge in [0.05, 0.1) is 5.56 Å². The first-order valence-corrected chi connectivity index (χ1v) is 5.66. The second kappa shape index (κ2) is 6.33. The Hall–Kier alpha value is -1.28. The Balaban J connectivity index is 2.55. The highest BCUT2D eigenvalue weighted by Crippen LogP contribution is 2.14. The van der Waals surface area contributed by atoms with E-state index in [1.807, 2.05) is 0 Å². The molecule has 0 atom stereocenters. The quantitative estimate of drug-likeness (QED) is 0.568. The molecule has 0 heterocycles. The van der Waals surface area contributed by atoms with E-state index in [0.29, 0.717) is 22.8 Å². The van der Waals surface area contributed by atoms with Crippen molar-refractivity contribution in [2.45, 2.75) is 26.2 Å². The van der Waals surface area contributed by atoms with Crippen molar-refractivity contribution in [3.8, 4) is 0 Å². The molecule has 0 spiro atoms. The van der Waals surface area contributed by atoms with E-state index in [-0.39, 0.29) is 0 Å². The third kappa shape index (κ3) is 4.07. The van der Waals surface area contributed by atoms with Crippen LogP contribution in [0.25, 0.3) is 0 Å². The van der Waals surface area contributed by atoms with Crippen molar-refractivity contribution in [1.82, 2.24) is 0 Å². The number of rotatable bonds is 5. The van der Waals surface area contributed by atoms with E-state index in [4.69, 9.17) is 16.3 Å². The number of allylic oxidation sites excluding steroid dienone is 1. The molecule has 0 bridgehead atoms. The minimum atomic E-state index is -0.399. The summed E-state index contributed by atoms with van der Waals surface area (Å²) in [7, 11) is 0. The van der Waals surface area contributed by atoms with Gasteiger partial charge in [-0.15, -0.1) is 0 Å². The molecular formula is C13H15ClO2. The summed E-state index contributed by atoms with van der Waals surface area (Å²) in [5.74, 6) is 0.107. The molecule has 1 aromatic rings. The molecule has 16 heavy (non-hydrogen) atoms. The number of hydrogen-bond acceptors (Lipinski definition) is 2. The molecule has 0 saturated heterocycles. The molecule has 86 valence electrons. The van der Waals surface area contributed by atoms with Crippen molar-refractivity contribution >= 4 is 17.6 Å². The Morgan fingerprint density at radius 3 is 2.88 bits per heavy atom. The summed E-state index contributed by atoms with van der Waals surface area (Å²) in [6.07, 6.45) is 2.73. The summed E-state index contributed by atoms with van der Waals surface area (Å²) < 4.78 is 5.10. The molecule has 0 fully saturated rings. The van der Waals surface area contributed by atoms with Gasteiger partial charge >= 0.3 is 5.97 Å². The van der Waals surface area contributed by atoms with Crippen molar-refractivity contribution in [3.05, 3.63) is 47.2 Å². The molecule has 0 saturated carbocycles. The van der Waals surface area contributed by atoms with Crippen LogP contribution in [0, 0.1) is 0 Å². The molecule has 0 aliphatic carbocycles. The lowest BCUT2D eigenvalue weighted by atomic mass is 10.2. The zero-order valence-corrected chi connectivity index (χ0v) is 10.1. The number of halogens is 1. The summed E-state index contributed by atoms with van der Waals surface area (Å²) in [6, 6.07) is 6.68. The predicted molar refractivity (Wildman–Crippen MR) is 65.5 cm³/mol. The van der Waals surface area contributed by atoms with Gasteiger partial charge in [0.2, 0.25) is 0 Å². The molecule has 0 radical (unpaired) electrons. The zero-order chi connectivity index (χ0) is 12.0. The highest BCUT2D eigenvalue weighted by Gasteiger charge is 2.08. The monoisotopic (exact) mass is 238 g/mol. The van der Waals surface area contributed by atoms with Crippen molar-refractivity contribution in [3.63, 3.8) is 0 Å². The Kier molecular flexibility index (Phi) is 5.06. The van der Waals surface area contributed by atoms with Crippen LogP contribution < -0.4 is 0 Å². The van der Waals surface area contributed by atoms with E-state index in [1.165, 1.54) is 0 Å². The summed E-state index contributed by atoms with van der Waals surface area (Å²) in [6.45, 7) is 5.78. The van der Waals surface area contributed by atoms with E-state index in [2.05, 4.69) is 13.5 Å². The standard InChI is InChI=1S/C13H15ClO2/c1-3-4-6-10(2)16-13(15)11-7-5-8-12(14)9-11/h5,7-9H,2-4,6H2,1H3. The van der Waals surface area contributed by atoms with Crippen molar-refractivity contribution < 1.29 is 9.53 Å². The Labute approximate surface area is 101 Å². The SMILES string of the molecule is C=C(CCCC)OC(=O)c1cccc(Cl)c1. The van der Waals surface area contributed by atoms with Crippen molar-refractivity contribution in [2.24, 2.45) is 0 Å². The number of hydrogen-bond donors (Lipinski definition) is 0. The van der Waals surface area contributed by atoms with Gasteiger partial charge in [0.1, 0.15) is 5.76 Å². The van der Waals surface area contributed by atoms with Gasteiger partial charge in [-0.3, -0.25) is 0 Å². The smallest absolute Gasteiger partial charge is 0.343 e. The van der Waals surface area contributed by atoms with Crippen LogP contribution in [0.5, 0.6) is 0 Å². The van der Waals surface area contributed by atoms with Crippen LogP contribution in [-0.2, 0) is 4.74 Å². The van der Waals surface area contributed by atoms with Crippen LogP contribution in [0.15, 0.2) is 36.6 Å². The van der Waals surface area contributed by atoms with Crippen molar-refractivity contribution in [1.29, 1.82) is 0 Å². The van der Waals surface area contributed by atoms with Crippen LogP contribution >= 0.6 is 11.6 Å². The van der Waals surface area contributed by atoms with Crippen LogP contribution in [0.2, 0.25) is 5.02 Å². The Morgan fingerprint density at radius 1 is 1.50 bits per heavy atom. The predicted octanol–water partition coefficient (Wildman–Crippen LogP) is 4.20. The first kappa shape index (κ1) is 12.8. The third-order valence-corrected chi connectivity index (χ3v) is 2.34. The summed E-state index contributed by atoms with van der Waals surface area (Å²) >= 11 is 5.78. The number of esters is 1. The third-order valence-electron chi connectivity index (χ3n) is 2.11. The zero-order valence-electron chi connectivity index (χ0n) is 9.33. The number of unbranched alkanes of at least 4 members (excludes halogenated alkanes) is 1. The van der Waals surface area contributed by atoms with Gasteiger partial charge in [0.25, 0.3) is 0 Å². The lowest BCUT2D eigenvalue weighted by molar-refractivity contribution is 0.0615. The topological polar surface area (TPSA) is 26.3 Å². The van der Waals surface area contributed by atoms with Crippen LogP contribution in [0.4, 0.5) is 0 Å². The number of carbonyl (C=O) groups excluding carboxylic acids is 1. The molecule has 0 aliphatic heterocycles. The van der Waals surface area contributed by atoms with E-state index < -0.39 is 5.97 Å². The van der Waals surface area contributed by atoms with Gasteiger partial charge in [0, 0.05) is 11.4 Å². The molecule has 1 aromatic carbocycles. The molecule has 1 rings (SSSR count). The van der Waals surface area contributed by atoms with E-state index in [0.717, 1.165) is 12.8 Å². The molecular weight excluding hydrogens is 224 g/mol. The molecule has 0 N–H and O–H groups in total. The van der Waals surface area contributed by atoms with Gasteiger partial charge in [-0.05, 0) is 24.6 Å². The molecule has 0 amide bonds. The van der Waals surface area contributed by atoms with Gasteiger partial charge < -0.3 is 4.74 Å². The fourth-order valence-electron chi connectivity index (χ4n) is 1.23. The summed E-state index contributed by atoms with van der Waals surface area (Å²) in [5, 5.41) is 0.522. The van der Waals surface area contributed by atoms with Gasteiger partial charge in [0.15, 0.2) is 0 Å². The maximum Gasteiger partial charge on any atom is 0.343 e. The number of benzene rings is 1. The first-order chi connectivity index (χ1) is 7.63. The highest BCUT2D eigenvalue weighted by molar-refractivity contribution is 6.30. The van der Waals surface area contributed by atoms with E-state index in [9.17, 15) is 4.79 Å². The molecule has 0 aliphatic rings. The normalized spacial score (nSPS) is 9.88. The maximum atomic E-state index is 11.6. The first-order valence-electron chi connectivity index (χ1n) is 5.29. The molecule has 2 nitrogen and oxygen atoms in total. The lowest BCUT2D eigenvalue weighted by Gasteiger charge is -2.06. The van der Waals surface area contributed by atoms with Crippen molar-refractivity contribution in [2.75, 3.05) is 0 Å². The fraction of sp³-hybridized carbons (Fsp3) is 0.308. The van der Waals surface area contributed by atoms with Gasteiger partial charge in [-0.25, -0.2) is 4.79 Å². The van der Waals surface area contributed by atoms with E-state index in [1.54, 1.807) is 24.3 Å². The minimum Gasteiger partial charge on any atom is -0.428 e. The molecule has 0 aromatic heterocycles. The van der Waals surface area contributed by atoms with Crippen LogP contribution in [0.3, 0.4) is 0 Å². The summed E-state index contributed by atoms with van der Waals surface area (Å²) in [4.78, 5) is 11.6. The Morgan fingerprint density at radius 2 is 2.25 bits per heavy atom. The second-order valence-electron chi connectivity index (χ2n) is 3.54. The number of ether oxygens (including phenoxy) is 1. The average molecular weight is 239 g/mol. The number of carbonyl (C=O) groups is 1. The average Bonchev–Trinajstić information content (AvgIpc) is 2.26.